The summed E-state index contributed by atoms with van der Waals surface area (Å²) in [6.45, 7) is 0. The second kappa shape index (κ2) is 3.33. The van der Waals surface area contributed by atoms with Gasteiger partial charge in [0, 0.05) is 30.2 Å². The monoisotopic (exact) mass is 310 g/mol. The van der Waals surface area contributed by atoms with E-state index >= 15 is 0 Å². The Bertz CT molecular complexity index is 1130. The van der Waals surface area contributed by atoms with Gasteiger partial charge >= 0.3 is 0 Å². The van der Waals surface area contributed by atoms with Crippen molar-refractivity contribution >= 4 is 11.4 Å². The summed E-state index contributed by atoms with van der Waals surface area (Å²) >= 11 is 0. The van der Waals surface area contributed by atoms with Gasteiger partial charge in [-0.15, -0.1) is 0 Å². The van der Waals surface area contributed by atoms with Gasteiger partial charge in [0.05, 0.1) is 0 Å². The molecule has 2 heteroatoms. The van der Waals surface area contributed by atoms with Gasteiger partial charge in [-0.2, -0.15) is 0 Å². The SMILES string of the molecule is CO[C@]12C3=CC(=O)C4=C1c1c(ccc5c1-c1c(ccc(c12)C3)C5)C4. The number of hydrogen-bond acceptors (Lipinski definition) is 2. The summed E-state index contributed by atoms with van der Waals surface area (Å²) in [5.41, 5.74) is 13.7. The molecular formula is C22H14O2. The number of allylic oxidation sites excluding steroid dienone is 2. The zero-order valence-electron chi connectivity index (χ0n) is 13.3. The Morgan fingerprint density at radius 2 is 1.58 bits per heavy atom. The van der Waals surface area contributed by atoms with Crippen molar-refractivity contribution < 1.29 is 9.53 Å². The normalized spacial score (nSPS) is 25.7. The first-order valence-corrected chi connectivity index (χ1v) is 8.59. The van der Waals surface area contributed by atoms with Crippen LogP contribution in [0.25, 0.3) is 16.7 Å². The number of carbonyl (C=O) groups excluding carboxylic acids is 1. The molecule has 0 aromatic heterocycles. The van der Waals surface area contributed by atoms with E-state index in [1.54, 1.807) is 0 Å². The van der Waals surface area contributed by atoms with Gasteiger partial charge in [0.1, 0.15) is 5.60 Å². The zero-order chi connectivity index (χ0) is 15.8. The summed E-state index contributed by atoms with van der Waals surface area (Å²) in [4.78, 5) is 12.8. The lowest BCUT2D eigenvalue weighted by atomic mass is 9.69. The van der Waals surface area contributed by atoms with Crippen molar-refractivity contribution in [3.8, 4) is 11.1 Å². The average molecular weight is 310 g/mol. The van der Waals surface area contributed by atoms with Crippen molar-refractivity contribution in [2.75, 3.05) is 7.11 Å². The Morgan fingerprint density at radius 1 is 0.875 bits per heavy atom. The van der Waals surface area contributed by atoms with Crippen molar-refractivity contribution in [1.29, 1.82) is 0 Å². The molecule has 0 saturated carbocycles. The molecule has 7 rings (SSSR count). The molecule has 0 unspecified atom stereocenters. The molecule has 1 atom stereocenters. The van der Waals surface area contributed by atoms with Crippen LogP contribution in [0.4, 0.5) is 0 Å². The summed E-state index contributed by atoms with van der Waals surface area (Å²) in [6, 6.07) is 9.04. The Hall–Kier alpha value is -2.45. The van der Waals surface area contributed by atoms with Gasteiger partial charge < -0.3 is 4.74 Å². The molecule has 0 aliphatic heterocycles. The zero-order valence-corrected chi connectivity index (χ0v) is 13.3. The molecule has 2 aromatic carbocycles. The van der Waals surface area contributed by atoms with Gasteiger partial charge in [-0.1, -0.05) is 24.3 Å². The van der Waals surface area contributed by atoms with E-state index in [2.05, 4.69) is 24.3 Å². The fourth-order valence-electron chi connectivity index (χ4n) is 5.97. The topological polar surface area (TPSA) is 26.3 Å². The van der Waals surface area contributed by atoms with Crippen molar-refractivity contribution in [1.82, 2.24) is 0 Å². The van der Waals surface area contributed by atoms with Gasteiger partial charge in [-0.25, -0.2) is 0 Å². The maximum atomic E-state index is 12.8. The van der Waals surface area contributed by atoms with E-state index in [0.717, 1.165) is 30.4 Å². The van der Waals surface area contributed by atoms with Crippen LogP contribution >= 0.6 is 0 Å². The molecule has 2 nitrogen and oxygen atoms in total. The Balaban J connectivity index is 1.81. The predicted octanol–water partition coefficient (Wildman–Crippen LogP) is 3.49. The highest BCUT2D eigenvalue weighted by Crippen LogP contribution is 2.66. The van der Waals surface area contributed by atoms with Crippen LogP contribution in [0.15, 0.2) is 41.5 Å². The summed E-state index contributed by atoms with van der Waals surface area (Å²) in [5, 5.41) is 0. The van der Waals surface area contributed by atoms with Gasteiger partial charge in [-0.05, 0) is 63.4 Å². The smallest absolute Gasteiger partial charge is 0.182 e. The van der Waals surface area contributed by atoms with Crippen LogP contribution in [0.2, 0.25) is 0 Å². The molecule has 0 heterocycles. The lowest BCUT2D eigenvalue weighted by molar-refractivity contribution is -0.111. The molecule has 24 heavy (non-hydrogen) atoms. The molecule has 5 aliphatic rings. The van der Waals surface area contributed by atoms with Gasteiger partial charge in [0.2, 0.25) is 0 Å². The van der Waals surface area contributed by atoms with E-state index < -0.39 is 5.60 Å². The highest BCUT2D eigenvalue weighted by molar-refractivity contribution is 6.19. The maximum absolute atomic E-state index is 12.8. The van der Waals surface area contributed by atoms with Crippen LogP contribution in [0.1, 0.15) is 33.4 Å². The van der Waals surface area contributed by atoms with E-state index in [-0.39, 0.29) is 5.78 Å². The first-order chi connectivity index (χ1) is 11.7. The Morgan fingerprint density at radius 3 is 2.38 bits per heavy atom. The fraction of sp³-hybridized carbons (Fsp3) is 0.227. The average Bonchev–Trinajstić information content (AvgIpc) is 3.23. The van der Waals surface area contributed by atoms with Crippen LogP contribution in [-0.2, 0) is 34.4 Å². The lowest BCUT2D eigenvalue weighted by Gasteiger charge is -2.40. The third-order valence-corrected chi connectivity index (χ3v) is 6.75. The molecular weight excluding hydrogens is 296 g/mol. The molecule has 0 N–H and O–H groups in total. The Kier molecular flexibility index (Phi) is 1.66. The number of methoxy groups -OCH3 is 1. The van der Waals surface area contributed by atoms with Crippen molar-refractivity contribution in [3.63, 3.8) is 0 Å². The minimum absolute atomic E-state index is 0.187. The van der Waals surface area contributed by atoms with E-state index in [9.17, 15) is 4.79 Å². The lowest BCUT2D eigenvalue weighted by Crippen LogP contribution is -2.36. The molecule has 0 fully saturated rings. The van der Waals surface area contributed by atoms with Gasteiger partial charge in [0.15, 0.2) is 5.78 Å². The molecule has 114 valence electrons. The van der Waals surface area contributed by atoms with Crippen LogP contribution < -0.4 is 0 Å². The maximum Gasteiger partial charge on any atom is 0.182 e. The number of benzene rings is 2. The fourth-order valence-corrected chi connectivity index (χ4v) is 5.97. The highest BCUT2D eigenvalue weighted by Gasteiger charge is 2.58. The number of ketones is 1. The van der Waals surface area contributed by atoms with E-state index in [1.807, 2.05) is 13.2 Å². The summed E-state index contributed by atoms with van der Waals surface area (Å²) in [7, 11) is 1.81. The molecule has 0 bridgehead atoms. The minimum atomic E-state index is -0.509. The van der Waals surface area contributed by atoms with Crippen molar-refractivity contribution in [2.45, 2.75) is 24.9 Å². The largest absolute Gasteiger partial charge is 0.364 e. The molecule has 0 spiro atoms. The van der Waals surface area contributed by atoms with Crippen LogP contribution in [0, 0.1) is 0 Å². The quantitative estimate of drug-likeness (QED) is 0.688. The molecule has 5 aliphatic carbocycles. The van der Waals surface area contributed by atoms with Crippen molar-refractivity contribution in [2.24, 2.45) is 0 Å². The number of ether oxygens (including phenoxy) is 1. The third-order valence-electron chi connectivity index (χ3n) is 6.75. The number of hydrogen-bond donors (Lipinski definition) is 0. The van der Waals surface area contributed by atoms with E-state index in [0.29, 0.717) is 0 Å². The summed E-state index contributed by atoms with van der Waals surface area (Å²) in [6.07, 6.45) is 4.45. The van der Waals surface area contributed by atoms with Crippen LogP contribution in [0.5, 0.6) is 0 Å². The first-order valence-electron chi connectivity index (χ1n) is 8.59. The first kappa shape index (κ1) is 12.0. The van der Waals surface area contributed by atoms with E-state index in [4.69, 9.17) is 4.74 Å². The molecule has 0 amide bonds. The standard InChI is InChI=1S/C22H14O2/c1-24-22-14-7-13-5-4-11-6-10-2-3-12-8-15(16(23)9-14)21(22)19(12)17(10)18(11)20(13)22/h2-5,9H,6-8H2,1H3/t22-/m0/s1. The predicted molar refractivity (Wildman–Crippen MR) is 90.8 cm³/mol. The Labute approximate surface area is 139 Å². The second-order valence-electron chi connectivity index (χ2n) is 7.57. The van der Waals surface area contributed by atoms with Gasteiger partial charge in [-0.3, -0.25) is 4.79 Å². The van der Waals surface area contributed by atoms with Crippen LogP contribution in [0.3, 0.4) is 0 Å². The number of rotatable bonds is 1. The third kappa shape index (κ3) is 0.941. The van der Waals surface area contributed by atoms with E-state index in [1.165, 1.54) is 50.1 Å². The second-order valence-corrected chi connectivity index (χ2v) is 7.57. The van der Waals surface area contributed by atoms with Crippen LogP contribution in [-0.4, -0.2) is 12.9 Å². The van der Waals surface area contributed by atoms with Gasteiger partial charge in [0.25, 0.3) is 0 Å². The minimum Gasteiger partial charge on any atom is -0.364 e. The summed E-state index contributed by atoms with van der Waals surface area (Å²) in [5.74, 6) is 0.187. The molecule has 0 radical (unpaired) electrons. The summed E-state index contributed by atoms with van der Waals surface area (Å²) < 4.78 is 6.28. The number of carbonyl (C=O) groups is 1. The molecule has 0 saturated heterocycles. The molecule has 2 aromatic rings. The van der Waals surface area contributed by atoms with Crippen molar-refractivity contribution in [3.05, 3.63) is 74.9 Å². The highest BCUT2D eigenvalue weighted by atomic mass is 16.5.